The minimum atomic E-state index is -0.905. The van der Waals surface area contributed by atoms with Crippen LogP contribution in [0, 0.1) is 10.1 Å². The van der Waals surface area contributed by atoms with Gasteiger partial charge in [0.25, 0.3) is 5.69 Å². The van der Waals surface area contributed by atoms with Gasteiger partial charge >= 0.3 is 11.9 Å². The van der Waals surface area contributed by atoms with E-state index in [4.69, 9.17) is 23.7 Å². The largest absolute Gasteiger partial charge is 0.493 e. The number of allylic oxidation sites excluding steroid dienone is 2. The number of esters is 2. The fourth-order valence-corrected chi connectivity index (χ4v) is 5.37. The van der Waals surface area contributed by atoms with E-state index >= 15 is 0 Å². The number of non-ortho nitro benzene ring substituents is 1. The van der Waals surface area contributed by atoms with E-state index in [2.05, 4.69) is 5.32 Å². The number of carbonyl (C=O) groups excluding carboxylic acids is 2. The Morgan fingerprint density at radius 2 is 1.73 bits per heavy atom. The Morgan fingerprint density at radius 3 is 2.41 bits per heavy atom. The molecule has 2 atom stereocenters. The maximum Gasteiger partial charge on any atom is 0.336 e. The highest BCUT2D eigenvalue weighted by Crippen LogP contribution is 2.40. The molecule has 1 fully saturated rings. The van der Waals surface area contributed by atoms with Gasteiger partial charge in [-0.05, 0) is 69.2 Å². The summed E-state index contributed by atoms with van der Waals surface area (Å²) in [6, 6.07) is 13.8. The number of hydrogen-bond donors (Lipinski definition) is 1. The number of nitrogens with one attached hydrogen (secondary N) is 1. The van der Waals surface area contributed by atoms with Crippen LogP contribution in [0.3, 0.4) is 0 Å². The third-order valence-corrected chi connectivity index (χ3v) is 7.57. The molecule has 2 aromatic carbocycles. The average molecular weight is 609 g/mol. The normalized spacial score (nSPS) is 18.4. The molecular formula is C33H40N2O9. The van der Waals surface area contributed by atoms with Crippen LogP contribution in [0.15, 0.2) is 71.1 Å². The molecule has 2 aromatic rings. The Labute approximate surface area is 257 Å². The van der Waals surface area contributed by atoms with E-state index in [0.29, 0.717) is 36.6 Å². The number of carbonyl (C=O) groups is 2. The second-order valence-corrected chi connectivity index (χ2v) is 10.7. The van der Waals surface area contributed by atoms with Crippen molar-refractivity contribution in [3.8, 4) is 5.75 Å². The van der Waals surface area contributed by atoms with Crippen LogP contribution in [0.25, 0.3) is 0 Å². The minimum Gasteiger partial charge on any atom is -0.493 e. The van der Waals surface area contributed by atoms with E-state index in [0.717, 1.165) is 44.5 Å². The summed E-state index contributed by atoms with van der Waals surface area (Å²) < 4.78 is 27.8. The van der Waals surface area contributed by atoms with Crippen molar-refractivity contribution in [1.82, 2.24) is 5.32 Å². The molecule has 44 heavy (non-hydrogen) atoms. The van der Waals surface area contributed by atoms with Crippen LogP contribution >= 0.6 is 0 Å². The molecule has 0 spiro atoms. The number of dihydropyridines is 1. The summed E-state index contributed by atoms with van der Waals surface area (Å²) in [6.45, 7) is 5.25. The molecule has 0 aliphatic carbocycles. The summed E-state index contributed by atoms with van der Waals surface area (Å²) in [5.74, 6) is -1.47. The summed E-state index contributed by atoms with van der Waals surface area (Å²) in [5, 5.41) is 14.5. The van der Waals surface area contributed by atoms with Crippen LogP contribution in [0.4, 0.5) is 5.69 Å². The van der Waals surface area contributed by atoms with Crippen LogP contribution in [-0.2, 0) is 35.0 Å². The highest BCUT2D eigenvalue weighted by atomic mass is 16.7. The second kappa shape index (κ2) is 16.0. The van der Waals surface area contributed by atoms with Crippen molar-refractivity contribution in [1.29, 1.82) is 0 Å². The van der Waals surface area contributed by atoms with Crippen LogP contribution in [0.1, 0.15) is 63.0 Å². The number of nitro groups is 1. The first-order valence-corrected chi connectivity index (χ1v) is 14.9. The van der Waals surface area contributed by atoms with Gasteiger partial charge in [0.1, 0.15) is 5.75 Å². The molecule has 11 heteroatoms. The van der Waals surface area contributed by atoms with Gasteiger partial charge in [0.2, 0.25) is 0 Å². The minimum absolute atomic E-state index is 0.0634. The molecule has 0 saturated carbocycles. The molecule has 2 unspecified atom stereocenters. The lowest BCUT2D eigenvalue weighted by molar-refractivity contribution is -0.384. The monoisotopic (exact) mass is 608 g/mol. The van der Waals surface area contributed by atoms with Gasteiger partial charge in [-0.3, -0.25) is 10.1 Å². The van der Waals surface area contributed by atoms with Gasteiger partial charge in [-0.15, -0.1) is 0 Å². The standard InChI is InChI=1S/C33H40N2O9/c1-22-29(32(36)40-3)31(25-10-6-11-26(21-25)35(38)39)30(23(2)34-22)33(37)44-20-8-19-41-27-15-13-24(14-16-27)9-7-18-43-28-12-4-5-17-42-28/h6,10-11,13-16,21,28,31,34H,4-5,7-9,12,17-20H2,1-3H3. The van der Waals surface area contributed by atoms with E-state index in [1.165, 1.54) is 30.9 Å². The fraction of sp³-hybridized carbons (Fsp3) is 0.455. The Hall–Kier alpha value is -4.22. The Bertz CT molecular complexity index is 1380. The van der Waals surface area contributed by atoms with Gasteiger partial charge in [0.05, 0.1) is 48.9 Å². The topological polar surface area (TPSA) is 135 Å². The van der Waals surface area contributed by atoms with Gasteiger partial charge < -0.3 is 29.0 Å². The van der Waals surface area contributed by atoms with E-state index in [1.54, 1.807) is 19.9 Å². The number of nitro benzene ring substituents is 1. The highest BCUT2D eigenvalue weighted by Gasteiger charge is 2.38. The molecule has 11 nitrogen and oxygen atoms in total. The molecule has 0 aromatic heterocycles. The Kier molecular flexibility index (Phi) is 11.9. The summed E-state index contributed by atoms with van der Waals surface area (Å²) >= 11 is 0. The van der Waals surface area contributed by atoms with E-state index in [1.807, 2.05) is 24.3 Å². The zero-order chi connectivity index (χ0) is 31.5. The van der Waals surface area contributed by atoms with Crippen molar-refractivity contribution in [3.63, 3.8) is 0 Å². The van der Waals surface area contributed by atoms with E-state index in [-0.39, 0.29) is 29.7 Å². The van der Waals surface area contributed by atoms with Crippen molar-refractivity contribution in [2.75, 3.05) is 33.5 Å². The van der Waals surface area contributed by atoms with E-state index in [9.17, 15) is 19.7 Å². The fourth-order valence-electron chi connectivity index (χ4n) is 5.37. The first-order valence-electron chi connectivity index (χ1n) is 14.9. The third-order valence-electron chi connectivity index (χ3n) is 7.57. The first-order chi connectivity index (χ1) is 21.3. The molecule has 0 bridgehead atoms. The predicted molar refractivity (Wildman–Crippen MR) is 162 cm³/mol. The summed E-state index contributed by atoms with van der Waals surface area (Å²) in [7, 11) is 1.24. The maximum atomic E-state index is 13.4. The lowest BCUT2D eigenvalue weighted by Gasteiger charge is -2.30. The van der Waals surface area contributed by atoms with Crippen molar-refractivity contribution in [2.45, 2.75) is 64.6 Å². The number of aryl methyl sites for hydroxylation is 1. The molecular weight excluding hydrogens is 568 g/mol. The second-order valence-electron chi connectivity index (χ2n) is 10.7. The van der Waals surface area contributed by atoms with Crippen molar-refractivity contribution >= 4 is 17.6 Å². The molecule has 4 rings (SSSR count). The molecule has 2 aliphatic heterocycles. The smallest absolute Gasteiger partial charge is 0.336 e. The zero-order valence-electron chi connectivity index (χ0n) is 25.5. The average Bonchev–Trinajstić information content (AvgIpc) is 3.03. The number of ether oxygens (including phenoxy) is 5. The lowest BCUT2D eigenvalue weighted by atomic mass is 9.80. The molecule has 1 N–H and O–H groups in total. The third kappa shape index (κ3) is 8.67. The molecule has 0 amide bonds. The van der Waals surface area contributed by atoms with Crippen LogP contribution < -0.4 is 10.1 Å². The van der Waals surface area contributed by atoms with Gasteiger partial charge in [-0.1, -0.05) is 24.3 Å². The maximum absolute atomic E-state index is 13.4. The van der Waals surface area contributed by atoms with Crippen molar-refractivity contribution < 1.29 is 38.2 Å². The number of benzene rings is 2. The van der Waals surface area contributed by atoms with Gasteiger partial charge in [0.15, 0.2) is 6.29 Å². The first kappa shape index (κ1) is 32.7. The van der Waals surface area contributed by atoms with E-state index < -0.39 is 22.8 Å². The highest BCUT2D eigenvalue weighted by molar-refractivity contribution is 5.99. The molecule has 2 aliphatic rings. The zero-order valence-corrected chi connectivity index (χ0v) is 25.5. The summed E-state index contributed by atoms with van der Waals surface area (Å²) in [5.41, 5.74) is 2.79. The van der Waals surface area contributed by atoms with Crippen LogP contribution in [-0.4, -0.2) is 56.7 Å². The molecule has 236 valence electrons. The number of nitrogens with zero attached hydrogens (tertiary/aromatic N) is 1. The number of hydrogen-bond acceptors (Lipinski definition) is 10. The SMILES string of the molecule is COC(=O)C1=C(C)NC(C)=C(C(=O)OCCCOc2ccc(CCCOC3CCCCO3)cc2)C1c1cccc([N+](=O)[O-])c1. The predicted octanol–water partition coefficient (Wildman–Crippen LogP) is 5.49. The lowest BCUT2D eigenvalue weighted by Crippen LogP contribution is -2.32. The van der Waals surface area contributed by atoms with Gasteiger partial charge in [-0.25, -0.2) is 9.59 Å². The van der Waals surface area contributed by atoms with Crippen LogP contribution in [0.5, 0.6) is 5.75 Å². The van der Waals surface area contributed by atoms with Crippen molar-refractivity contribution in [2.24, 2.45) is 0 Å². The molecule has 0 radical (unpaired) electrons. The Balaban J connectivity index is 1.28. The van der Waals surface area contributed by atoms with Crippen molar-refractivity contribution in [3.05, 3.63) is 92.3 Å². The summed E-state index contributed by atoms with van der Waals surface area (Å²) in [4.78, 5) is 37.1. The Morgan fingerprint density at radius 1 is 0.977 bits per heavy atom. The molecule has 2 heterocycles. The van der Waals surface area contributed by atoms with Gasteiger partial charge in [0, 0.05) is 36.6 Å². The van der Waals surface area contributed by atoms with Gasteiger partial charge in [-0.2, -0.15) is 0 Å². The molecule has 1 saturated heterocycles. The summed E-state index contributed by atoms with van der Waals surface area (Å²) in [6.07, 6.45) is 5.42. The van der Waals surface area contributed by atoms with Crippen LogP contribution in [0.2, 0.25) is 0 Å². The number of methoxy groups -OCH3 is 1. The number of rotatable bonds is 14. The quantitative estimate of drug-likeness (QED) is 0.127.